The largest absolute Gasteiger partial charge is 0.303 e. The van der Waals surface area contributed by atoms with Gasteiger partial charge in [0.25, 0.3) is 11.5 Å². The molecule has 152 valence electrons. The fourth-order valence-electron chi connectivity index (χ4n) is 2.83. The van der Waals surface area contributed by atoms with Gasteiger partial charge in [-0.05, 0) is 46.3 Å². The smallest absolute Gasteiger partial charge is 0.274 e. The van der Waals surface area contributed by atoms with Crippen LogP contribution in [0.2, 0.25) is 5.02 Å². The molecule has 4 aromatic rings. The van der Waals surface area contributed by atoms with E-state index in [-0.39, 0.29) is 23.9 Å². The Morgan fingerprint density at radius 2 is 1.93 bits per heavy atom. The summed E-state index contributed by atoms with van der Waals surface area (Å²) in [5, 5.41) is 10.2. The van der Waals surface area contributed by atoms with E-state index in [1.807, 2.05) is 0 Å². The van der Waals surface area contributed by atoms with Crippen molar-refractivity contribution in [2.45, 2.75) is 6.54 Å². The van der Waals surface area contributed by atoms with Crippen LogP contribution in [-0.2, 0) is 6.54 Å². The molecule has 2 heterocycles. The van der Waals surface area contributed by atoms with Gasteiger partial charge in [-0.25, -0.2) is 9.07 Å². The van der Waals surface area contributed by atoms with Gasteiger partial charge in [0, 0.05) is 22.8 Å². The molecule has 2 aromatic carbocycles. The van der Waals surface area contributed by atoms with E-state index in [9.17, 15) is 14.0 Å². The van der Waals surface area contributed by atoms with Crippen LogP contribution in [0, 0.1) is 5.82 Å². The Morgan fingerprint density at radius 1 is 1.20 bits per heavy atom. The van der Waals surface area contributed by atoms with Crippen LogP contribution >= 0.6 is 27.5 Å². The molecule has 30 heavy (non-hydrogen) atoms. The first-order chi connectivity index (χ1) is 14.4. The Bertz CT molecular complexity index is 1280. The predicted molar refractivity (Wildman–Crippen MR) is 115 cm³/mol. The van der Waals surface area contributed by atoms with Gasteiger partial charge in [-0.1, -0.05) is 29.8 Å². The zero-order chi connectivity index (χ0) is 21.3. The highest BCUT2D eigenvalue weighted by Gasteiger charge is 2.16. The number of aromatic amines is 1. The number of anilines is 1. The SMILES string of the molecule is O=C(Nc1nn(Cc2ccccc2F)cc1Br)c1cc(=O)n(-c2ccc(Cl)cc2)[nH]1. The lowest BCUT2D eigenvalue weighted by Gasteiger charge is -2.04. The van der Waals surface area contributed by atoms with Crippen LogP contribution in [-0.4, -0.2) is 25.5 Å². The number of nitrogens with zero attached hydrogens (tertiary/aromatic N) is 3. The van der Waals surface area contributed by atoms with Gasteiger partial charge in [-0.15, -0.1) is 0 Å². The Kier molecular flexibility index (Phi) is 5.56. The van der Waals surface area contributed by atoms with Crippen LogP contribution < -0.4 is 10.9 Å². The van der Waals surface area contributed by atoms with Crippen molar-refractivity contribution >= 4 is 39.3 Å². The van der Waals surface area contributed by atoms with Crippen molar-refractivity contribution in [3.63, 3.8) is 0 Å². The van der Waals surface area contributed by atoms with Crippen molar-refractivity contribution < 1.29 is 9.18 Å². The van der Waals surface area contributed by atoms with Crippen molar-refractivity contribution in [2.75, 3.05) is 5.32 Å². The lowest BCUT2D eigenvalue weighted by Crippen LogP contribution is -2.15. The van der Waals surface area contributed by atoms with E-state index in [1.165, 1.54) is 21.5 Å². The van der Waals surface area contributed by atoms with Crippen molar-refractivity contribution in [1.82, 2.24) is 19.6 Å². The topological polar surface area (TPSA) is 84.7 Å². The van der Waals surface area contributed by atoms with Gasteiger partial charge in [-0.3, -0.25) is 19.4 Å². The molecule has 7 nitrogen and oxygen atoms in total. The summed E-state index contributed by atoms with van der Waals surface area (Å²) in [5.41, 5.74) is 0.672. The van der Waals surface area contributed by atoms with E-state index in [0.717, 1.165) is 0 Å². The molecule has 0 spiro atoms. The first-order valence-corrected chi connectivity index (χ1v) is 9.93. The number of H-pyrrole nitrogens is 1. The molecule has 2 N–H and O–H groups in total. The summed E-state index contributed by atoms with van der Waals surface area (Å²) >= 11 is 9.20. The minimum absolute atomic E-state index is 0.0607. The quantitative estimate of drug-likeness (QED) is 0.439. The molecule has 0 aliphatic rings. The minimum atomic E-state index is -0.545. The fraction of sp³-hybridized carbons (Fsp3) is 0.0500. The van der Waals surface area contributed by atoms with E-state index in [1.54, 1.807) is 48.7 Å². The third-order valence-electron chi connectivity index (χ3n) is 4.29. The van der Waals surface area contributed by atoms with Gasteiger partial charge < -0.3 is 5.32 Å². The highest BCUT2D eigenvalue weighted by atomic mass is 79.9. The Hall–Kier alpha value is -3.17. The molecule has 2 aromatic heterocycles. The predicted octanol–water partition coefficient (Wildman–Crippen LogP) is 4.22. The molecule has 1 amide bonds. The second-order valence-electron chi connectivity index (χ2n) is 6.39. The number of carbonyl (C=O) groups excluding carboxylic acids is 1. The maximum Gasteiger partial charge on any atom is 0.274 e. The summed E-state index contributed by atoms with van der Waals surface area (Å²) in [6.07, 6.45) is 1.63. The number of rotatable bonds is 5. The molecular formula is C20H14BrClFN5O2. The number of hydrogen-bond acceptors (Lipinski definition) is 3. The molecule has 0 unspecified atom stereocenters. The van der Waals surface area contributed by atoms with Crippen molar-refractivity contribution in [2.24, 2.45) is 0 Å². The van der Waals surface area contributed by atoms with Crippen molar-refractivity contribution in [3.8, 4) is 5.69 Å². The normalized spacial score (nSPS) is 10.9. The van der Waals surface area contributed by atoms with Gasteiger partial charge >= 0.3 is 0 Å². The van der Waals surface area contributed by atoms with Gasteiger partial charge in [0.15, 0.2) is 5.82 Å². The Morgan fingerprint density at radius 3 is 2.67 bits per heavy atom. The molecule has 0 radical (unpaired) electrons. The molecule has 0 aliphatic carbocycles. The molecule has 0 aliphatic heterocycles. The second-order valence-corrected chi connectivity index (χ2v) is 7.68. The van der Waals surface area contributed by atoms with E-state index < -0.39 is 11.5 Å². The molecule has 0 atom stereocenters. The number of carbonyl (C=O) groups is 1. The lowest BCUT2D eigenvalue weighted by molar-refractivity contribution is 0.102. The third-order valence-corrected chi connectivity index (χ3v) is 5.12. The van der Waals surface area contributed by atoms with Crippen LogP contribution in [0.15, 0.2) is 70.1 Å². The zero-order valence-electron chi connectivity index (χ0n) is 15.3. The summed E-state index contributed by atoms with van der Waals surface area (Å²) in [6.45, 7) is 0.199. The molecule has 0 saturated carbocycles. The van der Waals surface area contributed by atoms with Crippen LogP contribution in [0.4, 0.5) is 10.2 Å². The van der Waals surface area contributed by atoms with E-state index in [2.05, 4.69) is 31.4 Å². The summed E-state index contributed by atoms with van der Waals surface area (Å²) in [5.74, 6) is -0.635. The third kappa shape index (κ3) is 4.22. The van der Waals surface area contributed by atoms with Gasteiger partial charge in [0.1, 0.15) is 11.5 Å². The van der Waals surface area contributed by atoms with Gasteiger partial charge in [-0.2, -0.15) is 5.10 Å². The number of benzene rings is 2. The average Bonchev–Trinajstić information content (AvgIpc) is 3.27. The van der Waals surface area contributed by atoms with Crippen LogP contribution in [0.3, 0.4) is 0 Å². The summed E-state index contributed by atoms with van der Waals surface area (Å²) in [4.78, 5) is 24.8. The molecule has 0 bridgehead atoms. The number of nitrogens with one attached hydrogen (secondary N) is 2. The Labute approximate surface area is 183 Å². The first-order valence-electron chi connectivity index (χ1n) is 8.76. The van der Waals surface area contributed by atoms with Gasteiger partial charge in [0.2, 0.25) is 0 Å². The van der Waals surface area contributed by atoms with Crippen LogP contribution in [0.25, 0.3) is 5.69 Å². The molecule has 0 fully saturated rings. The number of hydrogen-bond donors (Lipinski definition) is 2. The lowest BCUT2D eigenvalue weighted by atomic mass is 10.2. The van der Waals surface area contributed by atoms with E-state index >= 15 is 0 Å². The summed E-state index contributed by atoms with van der Waals surface area (Å²) < 4.78 is 17.1. The number of amides is 1. The second kappa shape index (κ2) is 8.29. The van der Waals surface area contributed by atoms with E-state index in [0.29, 0.717) is 20.7 Å². The zero-order valence-corrected chi connectivity index (χ0v) is 17.6. The van der Waals surface area contributed by atoms with Crippen molar-refractivity contribution in [3.05, 3.63) is 97.7 Å². The minimum Gasteiger partial charge on any atom is -0.303 e. The maximum absolute atomic E-state index is 13.9. The molecular weight excluding hydrogens is 477 g/mol. The highest BCUT2D eigenvalue weighted by Crippen LogP contribution is 2.22. The van der Waals surface area contributed by atoms with Crippen LogP contribution in [0.1, 0.15) is 16.1 Å². The number of aromatic nitrogens is 4. The molecule has 0 saturated heterocycles. The van der Waals surface area contributed by atoms with Crippen molar-refractivity contribution in [1.29, 1.82) is 0 Å². The standard InChI is InChI=1S/C20H14BrClFN5O2/c21-15-11-27(10-12-3-1-2-4-16(12)23)26-19(15)24-20(30)17-9-18(29)28(25-17)14-7-5-13(22)6-8-14/h1-9,11,25H,10H2,(H,24,26,30). The highest BCUT2D eigenvalue weighted by molar-refractivity contribution is 9.10. The number of halogens is 3. The summed E-state index contributed by atoms with van der Waals surface area (Å²) in [6, 6.07) is 14.2. The first kappa shape index (κ1) is 20.1. The maximum atomic E-state index is 13.9. The molecule has 4 rings (SSSR count). The monoisotopic (exact) mass is 489 g/mol. The fourth-order valence-corrected chi connectivity index (χ4v) is 3.37. The molecule has 10 heteroatoms. The van der Waals surface area contributed by atoms with Gasteiger partial charge in [0.05, 0.1) is 16.7 Å². The van der Waals surface area contributed by atoms with E-state index in [4.69, 9.17) is 11.6 Å². The summed E-state index contributed by atoms with van der Waals surface area (Å²) in [7, 11) is 0. The van der Waals surface area contributed by atoms with Crippen LogP contribution in [0.5, 0.6) is 0 Å². The average molecular weight is 491 g/mol. The Balaban J connectivity index is 1.53.